The minimum atomic E-state index is -0.405. The number of nitrogens with zero attached hydrogens (tertiary/aromatic N) is 2. The normalized spacial score (nSPS) is 11.0. The first kappa shape index (κ1) is 19.0. The summed E-state index contributed by atoms with van der Waals surface area (Å²) in [5, 5.41) is 6.94. The topological polar surface area (TPSA) is 83.5 Å². The third kappa shape index (κ3) is 4.67. The van der Waals surface area contributed by atoms with Gasteiger partial charge < -0.3 is 5.32 Å². The van der Waals surface area contributed by atoms with Crippen LogP contribution in [0.3, 0.4) is 0 Å². The Bertz CT molecular complexity index is 1030. The minimum absolute atomic E-state index is 0.318. The van der Waals surface area contributed by atoms with E-state index >= 15 is 0 Å². The molecule has 0 spiro atoms. The molecule has 0 bridgehead atoms. The molecule has 1 heterocycles. The highest BCUT2D eigenvalue weighted by Crippen LogP contribution is 2.16. The van der Waals surface area contributed by atoms with Crippen LogP contribution in [0.25, 0.3) is 0 Å². The number of benzene rings is 2. The molecule has 2 amide bonds. The molecule has 0 aliphatic carbocycles. The van der Waals surface area contributed by atoms with Crippen molar-refractivity contribution in [2.24, 2.45) is 5.10 Å². The van der Waals surface area contributed by atoms with E-state index in [1.807, 2.05) is 38.1 Å². The molecule has 6 heteroatoms. The van der Waals surface area contributed by atoms with Gasteiger partial charge in [0.15, 0.2) is 0 Å². The van der Waals surface area contributed by atoms with Gasteiger partial charge in [-0.2, -0.15) is 5.10 Å². The first-order chi connectivity index (χ1) is 13.5. The van der Waals surface area contributed by atoms with Crippen LogP contribution in [0.5, 0.6) is 0 Å². The summed E-state index contributed by atoms with van der Waals surface area (Å²) in [6.45, 7) is 3.82. The monoisotopic (exact) mass is 372 g/mol. The fourth-order valence-corrected chi connectivity index (χ4v) is 2.62. The van der Waals surface area contributed by atoms with E-state index < -0.39 is 5.91 Å². The van der Waals surface area contributed by atoms with E-state index in [9.17, 15) is 9.59 Å². The van der Waals surface area contributed by atoms with Crippen LogP contribution in [-0.2, 0) is 0 Å². The molecule has 0 unspecified atom stereocenters. The molecule has 0 atom stereocenters. The van der Waals surface area contributed by atoms with Crippen LogP contribution in [0.4, 0.5) is 5.69 Å². The van der Waals surface area contributed by atoms with Crippen molar-refractivity contribution in [1.82, 2.24) is 10.4 Å². The van der Waals surface area contributed by atoms with Crippen molar-refractivity contribution in [3.8, 4) is 0 Å². The molecule has 2 aromatic carbocycles. The predicted molar refractivity (Wildman–Crippen MR) is 109 cm³/mol. The number of hydrogen-bond donors (Lipinski definition) is 2. The van der Waals surface area contributed by atoms with Gasteiger partial charge >= 0.3 is 0 Å². The summed E-state index contributed by atoms with van der Waals surface area (Å²) in [5.41, 5.74) is 6.48. The number of carbonyl (C=O) groups is 2. The SMILES string of the molecule is C/C(=N\NC(=O)c1ccccc1NC(=O)c1ccncc1)c1cccc(C)c1. The van der Waals surface area contributed by atoms with Crippen molar-refractivity contribution in [2.45, 2.75) is 13.8 Å². The Labute approximate surface area is 163 Å². The molecule has 0 saturated heterocycles. The molecule has 0 radical (unpaired) electrons. The van der Waals surface area contributed by atoms with Gasteiger partial charge in [0.2, 0.25) is 0 Å². The van der Waals surface area contributed by atoms with Crippen LogP contribution in [-0.4, -0.2) is 22.5 Å². The summed E-state index contributed by atoms with van der Waals surface area (Å²) >= 11 is 0. The number of amides is 2. The van der Waals surface area contributed by atoms with Gasteiger partial charge in [0.05, 0.1) is 17.0 Å². The molecule has 0 aliphatic heterocycles. The lowest BCUT2D eigenvalue weighted by Gasteiger charge is -2.10. The second kappa shape index (κ2) is 8.73. The molecule has 6 nitrogen and oxygen atoms in total. The zero-order chi connectivity index (χ0) is 19.9. The van der Waals surface area contributed by atoms with Crippen LogP contribution in [0, 0.1) is 6.92 Å². The number of aryl methyl sites for hydroxylation is 1. The van der Waals surface area contributed by atoms with Gasteiger partial charge in [-0.1, -0.05) is 42.0 Å². The third-order valence-corrected chi connectivity index (χ3v) is 4.12. The van der Waals surface area contributed by atoms with Crippen molar-refractivity contribution in [3.05, 3.63) is 95.3 Å². The zero-order valence-corrected chi connectivity index (χ0v) is 15.6. The van der Waals surface area contributed by atoms with Crippen molar-refractivity contribution in [1.29, 1.82) is 0 Å². The van der Waals surface area contributed by atoms with Crippen LogP contribution in [0.2, 0.25) is 0 Å². The minimum Gasteiger partial charge on any atom is -0.321 e. The average Bonchev–Trinajstić information content (AvgIpc) is 2.72. The molecule has 3 aromatic rings. The molecular weight excluding hydrogens is 352 g/mol. The van der Waals surface area contributed by atoms with E-state index in [2.05, 4.69) is 20.8 Å². The van der Waals surface area contributed by atoms with Gasteiger partial charge in [-0.3, -0.25) is 14.6 Å². The lowest BCUT2D eigenvalue weighted by Crippen LogP contribution is -2.22. The van der Waals surface area contributed by atoms with E-state index in [1.54, 1.807) is 36.4 Å². The molecule has 3 rings (SSSR count). The molecule has 0 aliphatic rings. The Hall–Kier alpha value is -3.80. The summed E-state index contributed by atoms with van der Waals surface area (Å²) in [5.74, 6) is -0.722. The van der Waals surface area contributed by atoms with Gasteiger partial charge in [-0.15, -0.1) is 0 Å². The maximum absolute atomic E-state index is 12.6. The van der Waals surface area contributed by atoms with Gasteiger partial charge in [0.1, 0.15) is 0 Å². The second-order valence-electron chi connectivity index (χ2n) is 6.24. The number of hydrazone groups is 1. The summed E-state index contributed by atoms with van der Waals surface area (Å²) in [6.07, 6.45) is 3.08. The zero-order valence-electron chi connectivity index (χ0n) is 15.6. The smallest absolute Gasteiger partial charge is 0.273 e. The van der Waals surface area contributed by atoms with Crippen LogP contribution in [0.15, 0.2) is 78.2 Å². The van der Waals surface area contributed by atoms with Gasteiger partial charge in [-0.05, 0) is 43.7 Å². The lowest BCUT2D eigenvalue weighted by atomic mass is 10.1. The maximum atomic E-state index is 12.6. The van der Waals surface area contributed by atoms with Crippen molar-refractivity contribution >= 4 is 23.2 Å². The number of aromatic nitrogens is 1. The number of nitrogens with one attached hydrogen (secondary N) is 2. The van der Waals surface area contributed by atoms with E-state index in [1.165, 1.54) is 12.4 Å². The van der Waals surface area contributed by atoms with Gasteiger partial charge in [-0.25, -0.2) is 5.43 Å². The molecule has 2 N–H and O–H groups in total. The highest BCUT2D eigenvalue weighted by Gasteiger charge is 2.14. The summed E-state index contributed by atoms with van der Waals surface area (Å²) in [6, 6.07) is 17.9. The molecular formula is C22H20N4O2. The molecule has 0 fully saturated rings. The molecule has 140 valence electrons. The van der Waals surface area contributed by atoms with Gasteiger partial charge in [0.25, 0.3) is 11.8 Å². The molecule has 1 aromatic heterocycles. The first-order valence-corrected chi connectivity index (χ1v) is 8.76. The molecule has 28 heavy (non-hydrogen) atoms. The van der Waals surface area contributed by atoms with Crippen LogP contribution in [0.1, 0.15) is 38.8 Å². The lowest BCUT2D eigenvalue weighted by molar-refractivity contribution is 0.0955. The largest absolute Gasteiger partial charge is 0.321 e. The maximum Gasteiger partial charge on any atom is 0.273 e. The number of para-hydroxylation sites is 1. The Morgan fingerprint density at radius 3 is 2.39 bits per heavy atom. The van der Waals surface area contributed by atoms with E-state index in [4.69, 9.17) is 0 Å². The quantitative estimate of drug-likeness (QED) is 0.528. The standard InChI is InChI=1S/C22H20N4O2/c1-15-6-5-7-18(14-15)16(2)25-26-22(28)19-8-3-4-9-20(19)24-21(27)17-10-12-23-13-11-17/h3-14H,1-2H3,(H,24,27)(H,26,28)/b25-16+. The Morgan fingerprint density at radius 2 is 1.64 bits per heavy atom. The number of anilines is 1. The molecule has 0 saturated carbocycles. The Kier molecular flexibility index (Phi) is 5.91. The van der Waals surface area contributed by atoms with Crippen molar-refractivity contribution < 1.29 is 9.59 Å². The average molecular weight is 372 g/mol. The van der Waals surface area contributed by atoms with Crippen molar-refractivity contribution in [2.75, 3.05) is 5.32 Å². The Morgan fingerprint density at radius 1 is 0.893 bits per heavy atom. The highest BCUT2D eigenvalue weighted by molar-refractivity contribution is 6.09. The van der Waals surface area contributed by atoms with Gasteiger partial charge in [0, 0.05) is 18.0 Å². The Balaban J connectivity index is 1.75. The van der Waals surface area contributed by atoms with Crippen LogP contribution < -0.4 is 10.7 Å². The summed E-state index contributed by atoms with van der Waals surface area (Å²) in [7, 11) is 0. The number of pyridine rings is 1. The predicted octanol–water partition coefficient (Wildman–Crippen LogP) is 3.80. The van der Waals surface area contributed by atoms with Crippen molar-refractivity contribution in [3.63, 3.8) is 0 Å². The fourth-order valence-electron chi connectivity index (χ4n) is 2.62. The van der Waals surface area contributed by atoms with E-state index in [0.29, 0.717) is 22.5 Å². The number of rotatable bonds is 5. The second-order valence-corrected chi connectivity index (χ2v) is 6.24. The third-order valence-electron chi connectivity index (χ3n) is 4.12. The fraction of sp³-hybridized carbons (Fsp3) is 0.0909. The number of carbonyl (C=O) groups excluding carboxylic acids is 2. The van der Waals surface area contributed by atoms with Crippen LogP contribution >= 0.6 is 0 Å². The summed E-state index contributed by atoms with van der Waals surface area (Å²) in [4.78, 5) is 28.9. The van der Waals surface area contributed by atoms with E-state index in [-0.39, 0.29) is 5.91 Å². The highest BCUT2D eigenvalue weighted by atomic mass is 16.2. The van der Waals surface area contributed by atoms with E-state index in [0.717, 1.165) is 11.1 Å². The number of hydrogen-bond acceptors (Lipinski definition) is 4. The first-order valence-electron chi connectivity index (χ1n) is 8.76. The summed E-state index contributed by atoms with van der Waals surface area (Å²) < 4.78 is 0.